The van der Waals surface area contributed by atoms with Gasteiger partial charge in [0.05, 0.1) is 4.92 Å². The van der Waals surface area contributed by atoms with Crippen LogP contribution < -0.4 is 4.90 Å². The van der Waals surface area contributed by atoms with E-state index >= 15 is 0 Å². The van der Waals surface area contributed by atoms with Crippen LogP contribution in [0.1, 0.15) is 13.8 Å². The molecule has 1 aliphatic rings. The van der Waals surface area contributed by atoms with E-state index < -0.39 is 10.5 Å². The van der Waals surface area contributed by atoms with E-state index in [1.165, 1.54) is 6.07 Å². The summed E-state index contributed by atoms with van der Waals surface area (Å²) < 4.78 is 0. The summed E-state index contributed by atoms with van der Waals surface area (Å²) >= 11 is 5.94. The molecule has 6 nitrogen and oxygen atoms in total. The Kier molecular flexibility index (Phi) is 3.60. The number of para-hydroxylation sites is 1. The quantitative estimate of drug-likeness (QED) is 0.620. The zero-order valence-electron chi connectivity index (χ0n) is 11.6. The maximum atomic E-state index is 12.3. The van der Waals surface area contributed by atoms with Gasteiger partial charge >= 0.3 is 5.69 Å². The molecule has 1 aromatic rings. The van der Waals surface area contributed by atoms with Crippen molar-refractivity contribution >= 4 is 28.9 Å². The van der Waals surface area contributed by atoms with Crippen LogP contribution >= 0.6 is 11.6 Å². The minimum atomic E-state index is -0.845. The average molecular weight is 298 g/mol. The molecule has 0 radical (unpaired) electrons. The number of hydrogen-bond donors (Lipinski definition) is 0. The molecular weight excluding hydrogens is 282 g/mol. The number of halogens is 1. The molecule has 0 aliphatic carbocycles. The molecule has 0 bridgehead atoms. The van der Waals surface area contributed by atoms with E-state index in [4.69, 9.17) is 11.6 Å². The van der Waals surface area contributed by atoms with Gasteiger partial charge in [-0.15, -0.1) is 0 Å². The zero-order chi connectivity index (χ0) is 15.1. The van der Waals surface area contributed by atoms with Crippen molar-refractivity contribution in [2.24, 2.45) is 0 Å². The van der Waals surface area contributed by atoms with Crippen LogP contribution in [-0.2, 0) is 4.79 Å². The lowest BCUT2D eigenvalue weighted by Gasteiger charge is -2.45. The van der Waals surface area contributed by atoms with Crippen LogP contribution in [-0.4, -0.2) is 41.4 Å². The van der Waals surface area contributed by atoms with E-state index in [0.29, 0.717) is 18.8 Å². The van der Waals surface area contributed by atoms with Crippen molar-refractivity contribution in [2.75, 3.05) is 25.0 Å². The Morgan fingerprint density at radius 2 is 2.00 bits per heavy atom. The van der Waals surface area contributed by atoms with Crippen LogP contribution in [0.15, 0.2) is 18.2 Å². The lowest BCUT2D eigenvalue weighted by molar-refractivity contribution is -0.384. The number of hydrogen-bond acceptors (Lipinski definition) is 4. The molecule has 20 heavy (non-hydrogen) atoms. The highest BCUT2D eigenvalue weighted by atomic mass is 35.5. The minimum absolute atomic E-state index is 0.0713. The van der Waals surface area contributed by atoms with Gasteiger partial charge in [-0.1, -0.05) is 17.7 Å². The Morgan fingerprint density at radius 1 is 1.35 bits per heavy atom. The van der Waals surface area contributed by atoms with E-state index in [2.05, 4.69) is 0 Å². The normalized spacial score (nSPS) is 18.3. The van der Waals surface area contributed by atoms with Crippen molar-refractivity contribution in [2.45, 2.75) is 19.4 Å². The third-order valence-electron chi connectivity index (χ3n) is 3.64. The fourth-order valence-corrected chi connectivity index (χ4v) is 2.78. The van der Waals surface area contributed by atoms with Crippen LogP contribution in [0.5, 0.6) is 0 Å². The number of carbonyl (C=O) groups is 1. The lowest BCUT2D eigenvalue weighted by atomic mass is 9.96. The Balaban J connectivity index is 2.54. The molecule has 1 fully saturated rings. The molecule has 0 atom stereocenters. The first kappa shape index (κ1) is 14.6. The highest BCUT2D eigenvalue weighted by Crippen LogP contribution is 2.39. The van der Waals surface area contributed by atoms with Gasteiger partial charge in [-0.25, -0.2) is 0 Å². The van der Waals surface area contributed by atoms with Crippen molar-refractivity contribution in [3.8, 4) is 0 Å². The van der Waals surface area contributed by atoms with E-state index in [-0.39, 0.29) is 16.6 Å². The second-order valence-electron chi connectivity index (χ2n) is 5.30. The number of benzene rings is 1. The van der Waals surface area contributed by atoms with Gasteiger partial charge in [-0.2, -0.15) is 0 Å². The van der Waals surface area contributed by atoms with Gasteiger partial charge in [-0.3, -0.25) is 14.9 Å². The number of nitro benzene ring substituents is 1. The van der Waals surface area contributed by atoms with Gasteiger partial charge in [0.25, 0.3) is 0 Å². The molecule has 1 amide bonds. The van der Waals surface area contributed by atoms with Crippen molar-refractivity contribution in [3.05, 3.63) is 33.3 Å². The fourth-order valence-electron chi connectivity index (χ4n) is 2.54. The van der Waals surface area contributed by atoms with Crippen LogP contribution in [0.3, 0.4) is 0 Å². The second kappa shape index (κ2) is 4.94. The molecule has 0 spiro atoms. The third kappa shape index (κ3) is 2.20. The summed E-state index contributed by atoms with van der Waals surface area (Å²) in [6.07, 6.45) is 0. The predicted molar refractivity (Wildman–Crippen MR) is 77.2 cm³/mol. The van der Waals surface area contributed by atoms with Crippen LogP contribution in [0.2, 0.25) is 5.02 Å². The van der Waals surface area contributed by atoms with Crippen LogP contribution in [0.4, 0.5) is 11.4 Å². The highest BCUT2D eigenvalue weighted by Gasteiger charge is 2.43. The number of nitro groups is 1. The Bertz CT molecular complexity index is 574. The van der Waals surface area contributed by atoms with Crippen LogP contribution in [0, 0.1) is 10.1 Å². The van der Waals surface area contributed by atoms with Crippen molar-refractivity contribution in [3.63, 3.8) is 0 Å². The zero-order valence-corrected chi connectivity index (χ0v) is 12.3. The SMILES string of the molecule is CN1CCN(c2cccc(Cl)c2[N+](=O)[O-])C(C)(C)C1=O. The number of nitrogens with zero attached hydrogens (tertiary/aromatic N) is 3. The summed E-state index contributed by atoms with van der Waals surface area (Å²) in [7, 11) is 1.73. The van der Waals surface area contributed by atoms with E-state index in [1.54, 1.807) is 42.8 Å². The van der Waals surface area contributed by atoms with Gasteiger partial charge in [0, 0.05) is 20.1 Å². The Labute approximate surface area is 122 Å². The number of likely N-dealkylation sites (N-methyl/N-ethyl adjacent to an activating group) is 1. The van der Waals surface area contributed by atoms with E-state index in [1.807, 2.05) is 0 Å². The van der Waals surface area contributed by atoms with E-state index in [0.717, 1.165) is 0 Å². The van der Waals surface area contributed by atoms with E-state index in [9.17, 15) is 14.9 Å². The maximum Gasteiger partial charge on any atom is 0.310 e. The average Bonchev–Trinajstić information content (AvgIpc) is 2.35. The topological polar surface area (TPSA) is 66.7 Å². The molecule has 7 heteroatoms. The molecule has 1 aromatic carbocycles. The molecule has 2 rings (SSSR count). The highest BCUT2D eigenvalue weighted by molar-refractivity contribution is 6.33. The van der Waals surface area contributed by atoms with Crippen molar-refractivity contribution < 1.29 is 9.72 Å². The van der Waals surface area contributed by atoms with Gasteiger partial charge in [0.2, 0.25) is 5.91 Å². The minimum Gasteiger partial charge on any atom is -0.350 e. The summed E-state index contributed by atoms with van der Waals surface area (Å²) in [4.78, 5) is 26.4. The van der Waals surface area contributed by atoms with Crippen LogP contribution in [0.25, 0.3) is 0 Å². The molecule has 108 valence electrons. The number of amides is 1. The number of piperazine rings is 1. The maximum absolute atomic E-state index is 12.3. The number of anilines is 1. The summed E-state index contributed by atoms with van der Waals surface area (Å²) in [5.74, 6) is -0.0713. The van der Waals surface area contributed by atoms with Crippen molar-refractivity contribution in [1.82, 2.24) is 4.90 Å². The smallest absolute Gasteiger partial charge is 0.310 e. The fraction of sp³-hybridized carbons (Fsp3) is 0.462. The molecular formula is C13H16ClN3O3. The molecule has 0 N–H and O–H groups in total. The Morgan fingerprint density at radius 3 is 2.60 bits per heavy atom. The summed E-state index contributed by atoms with van der Waals surface area (Å²) in [5, 5.41) is 11.3. The number of carbonyl (C=O) groups excluding carboxylic acids is 1. The second-order valence-corrected chi connectivity index (χ2v) is 5.71. The molecule has 0 unspecified atom stereocenters. The largest absolute Gasteiger partial charge is 0.350 e. The standard InChI is InChI=1S/C13H16ClN3O3/c1-13(2)12(18)15(3)7-8-16(13)10-6-4-5-9(14)11(10)17(19)20/h4-6H,7-8H2,1-3H3. The molecule has 1 aliphatic heterocycles. The molecule has 1 heterocycles. The first-order chi connectivity index (χ1) is 9.26. The Hall–Kier alpha value is -1.82. The predicted octanol–water partition coefficient (Wildman–Crippen LogP) is 2.31. The molecule has 0 aromatic heterocycles. The van der Waals surface area contributed by atoms with Gasteiger partial charge in [-0.05, 0) is 26.0 Å². The van der Waals surface area contributed by atoms with Gasteiger partial charge in [0.1, 0.15) is 16.2 Å². The van der Waals surface area contributed by atoms with Gasteiger partial charge in [0.15, 0.2) is 0 Å². The number of rotatable bonds is 2. The summed E-state index contributed by atoms with van der Waals surface area (Å²) in [6.45, 7) is 4.56. The summed E-state index contributed by atoms with van der Waals surface area (Å²) in [6, 6.07) is 4.77. The van der Waals surface area contributed by atoms with Gasteiger partial charge < -0.3 is 9.80 Å². The monoisotopic (exact) mass is 297 g/mol. The first-order valence-electron chi connectivity index (χ1n) is 6.23. The van der Waals surface area contributed by atoms with Crippen molar-refractivity contribution in [1.29, 1.82) is 0 Å². The third-order valence-corrected chi connectivity index (χ3v) is 3.95. The lowest BCUT2D eigenvalue weighted by Crippen LogP contribution is -2.62. The first-order valence-corrected chi connectivity index (χ1v) is 6.60. The molecule has 1 saturated heterocycles. The summed E-state index contributed by atoms with van der Waals surface area (Å²) in [5.41, 5.74) is -0.615. The molecule has 0 saturated carbocycles.